The van der Waals surface area contributed by atoms with Crippen LogP contribution in [-0.4, -0.2) is 11.8 Å². The van der Waals surface area contributed by atoms with Crippen molar-refractivity contribution >= 4 is 28.9 Å². The highest BCUT2D eigenvalue weighted by Gasteiger charge is 2.09. The van der Waals surface area contributed by atoms with Crippen molar-refractivity contribution in [3.63, 3.8) is 0 Å². The fourth-order valence-electron chi connectivity index (χ4n) is 0.854. The minimum atomic E-state index is -1.08. The number of benzene rings is 1. The number of amides is 1. The lowest BCUT2D eigenvalue weighted by Crippen LogP contribution is -2.14. The van der Waals surface area contributed by atoms with Gasteiger partial charge in [0.15, 0.2) is 11.6 Å². The molecule has 0 spiro atoms. The summed E-state index contributed by atoms with van der Waals surface area (Å²) in [5, 5.41) is 2.23. The average molecular weight is 221 g/mol. The summed E-state index contributed by atoms with van der Waals surface area (Å²) in [5.74, 6) is -2.96. The van der Waals surface area contributed by atoms with Crippen LogP contribution in [0.2, 0.25) is 0 Å². The molecule has 0 heterocycles. The van der Waals surface area contributed by atoms with E-state index in [1.54, 1.807) is 0 Å². The van der Waals surface area contributed by atoms with E-state index in [0.29, 0.717) is 0 Å². The van der Waals surface area contributed by atoms with Crippen LogP contribution in [0, 0.1) is 11.6 Å². The van der Waals surface area contributed by atoms with Crippen LogP contribution in [0.5, 0.6) is 0 Å². The molecule has 1 aromatic rings. The third-order valence-electron chi connectivity index (χ3n) is 1.49. The van der Waals surface area contributed by atoms with Crippen molar-refractivity contribution in [3.8, 4) is 0 Å². The summed E-state index contributed by atoms with van der Waals surface area (Å²) in [6, 6.07) is 1.59. The molecule has 0 atom stereocenters. The first kappa shape index (κ1) is 10.7. The van der Waals surface area contributed by atoms with Gasteiger partial charge in [0, 0.05) is 12.1 Å². The van der Waals surface area contributed by atoms with E-state index in [-0.39, 0.29) is 17.3 Å². The number of rotatable bonds is 2. The van der Waals surface area contributed by atoms with Gasteiger partial charge in [-0.2, -0.15) is 0 Å². The van der Waals surface area contributed by atoms with Gasteiger partial charge in [0.25, 0.3) is 0 Å². The Morgan fingerprint density at radius 3 is 2.57 bits per heavy atom. The molecule has 1 aromatic carbocycles. The molecule has 0 saturated carbocycles. The van der Waals surface area contributed by atoms with Crippen molar-refractivity contribution in [1.29, 1.82) is 0 Å². The summed E-state index contributed by atoms with van der Waals surface area (Å²) < 4.78 is 25.3. The third kappa shape index (κ3) is 2.32. The van der Waals surface area contributed by atoms with E-state index in [1.165, 1.54) is 0 Å². The van der Waals surface area contributed by atoms with E-state index in [9.17, 15) is 13.6 Å². The number of anilines is 2. The van der Waals surface area contributed by atoms with Gasteiger partial charge in [-0.15, -0.1) is 11.6 Å². The molecule has 0 aliphatic rings. The number of carbonyl (C=O) groups is 1. The van der Waals surface area contributed by atoms with Crippen LogP contribution in [0.3, 0.4) is 0 Å². The van der Waals surface area contributed by atoms with Gasteiger partial charge in [-0.3, -0.25) is 4.79 Å². The third-order valence-corrected chi connectivity index (χ3v) is 1.73. The number of nitrogens with one attached hydrogen (secondary N) is 1. The van der Waals surface area contributed by atoms with Gasteiger partial charge in [0.1, 0.15) is 5.88 Å². The molecule has 6 heteroatoms. The summed E-state index contributed by atoms with van der Waals surface area (Å²) in [6.07, 6.45) is 0. The monoisotopic (exact) mass is 220 g/mol. The summed E-state index contributed by atoms with van der Waals surface area (Å²) >= 11 is 5.20. The van der Waals surface area contributed by atoms with Crippen LogP contribution in [0.1, 0.15) is 0 Å². The average Bonchev–Trinajstić information content (AvgIpc) is 2.14. The molecule has 0 saturated heterocycles. The molecule has 0 aromatic heterocycles. The summed E-state index contributed by atoms with van der Waals surface area (Å²) in [4.78, 5) is 10.8. The Balaban J connectivity index is 2.98. The van der Waals surface area contributed by atoms with Gasteiger partial charge in [-0.1, -0.05) is 0 Å². The molecule has 14 heavy (non-hydrogen) atoms. The predicted octanol–water partition coefficient (Wildman–Crippen LogP) is 1.72. The molecule has 0 fully saturated rings. The van der Waals surface area contributed by atoms with Crippen molar-refractivity contribution in [2.24, 2.45) is 0 Å². The van der Waals surface area contributed by atoms with Crippen molar-refractivity contribution < 1.29 is 13.6 Å². The quantitative estimate of drug-likeness (QED) is 0.589. The zero-order chi connectivity index (χ0) is 10.7. The molecule has 0 bridgehead atoms. The lowest BCUT2D eigenvalue weighted by atomic mass is 10.2. The van der Waals surface area contributed by atoms with E-state index in [4.69, 9.17) is 17.3 Å². The number of carbonyl (C=O) groups excluding carboxylic acids is 1. The molecule has 3 nitrogen and oxygen atoms in total. The Hall–Kier alpha value is -1.36. The predicted molar refractivity (Wildman–Crippen MR) is 50.1 cm³/mol. The summed E-state index contributed by atoms with van der Waals surface area (Å²) in [6.45, 7) is 0. The van der Waals surface area contributed by atoms with Crippen molar-refractivity contribution in [2.45, 2.75) is 0 Å². The first-order valence-corrected chi connectivity index (χ1v) is 4.18. The Morgan fingerprint density at radius 2 is 2.00 bits per heavy atom. The second-order valence-electron chi connectivity index (χ2n) is 2.54. The normalized spacial score (nSPS) is 9.93. The number of halogens is 3. The molecule has 1 amide bonds. The van der Waals surface area contributed by atoms with Gasteiger partial charge >= 0.3 is 0 Å². The molecule has 1 rings (SSSR count). The lowest BCUT2D eigenvalue weighted by molar-refractivity contribution is -0.113. The van der Waals surface area contributed by atoms with E-state index in [1.807, 2.05) is 0 Å². The van der Waals surface area contributed by atoms with E-state index in [0.717, 1.165) is 12.1 Å². The Morgan fingerprint density at radius 1 is 1.43 bits per heavy atom. The highest BCUT2D eigenvalue weighted by Crippen LogP contribution is 2.21. The molecule has 0 unspecified atom stereocenters. The van der Waals surface area contributed by atoms with Crippen LogP contribution in [0.15, 0.2) is 12.1 Å². The largest absolute Gasteiger partial charge is 0.397 e. The van der Waals surface area contributed by atoms with Gasteiger partial charge < -0.3 is 11.1 Å². The molecule has 0 aliphatic heterocycles. The SMILES string of the molecule is Nc1cc(F)c(F)cc1NC(=O)CCl. The maximum Gasteiger partial charge on any atom is 0.239 e. The van der Waals surface area contributed by atoms with Gasteiger partial charge in [-0.25, -0.2) is 8.78 Å². The van der Waals surface area contributed by atoms with Gasteiger partial charge in [0.2, 0.25) is 5.91 Å². The van der Waals surface area contributed by atoms with Crippen LogP contribution in [0.25, 0.3) is 0 Å². The smallest absolute Gasteiger partial charge is 0.239 e. The summed E-state index contributed by atoms with van der Waals surface area (Å²) in [5.41, 5.74) is 5.28. The Labute approximate surface area is 83.8 Å². The van der Waals surface area contributed by atoms with Crippen molar-refractivity contribution in [2.75, 3.05) is 16.9 Å². The maximum atomic E-state index is 12.7. The first-order valence-electron chi connectivity index (χ1n) is 3.65. The van der Waals surface area contributed by atoms with Crippen LogP contribution in [0.4, 0.5) is 20.2 Å². The molecular weight excluding hydrogens is 214 g/mol. The standard InChI is InChI=1S/C8H7ClF2N2O/c9-3-8(14)13-7-2-5(11)4(10)1-6(7)12/h1-2H,3,12H2,(H,13,14). The second-order valence-corrected chi connectivity index (χ2v) is 2.80. The van der Waals surface area contributed by atoms with Crippen molar-refractivity contribution in [3.05, 3.63) is 23.8 Å². The summed E-state index contributed by atoms with van der Waals surface area (Å²) in [7, 11) is 0. The minimum Gasteiger partial charge on any atom is -0.397 e. The lowest BCUT2D eigenvalue weighted by Gasteiger charge is -2.06. The van der Waals surface area contributed by atoms with Crippen molar-refractivity contribution in [1.82, 2.24) is 0 Å². The van der Waals surface area contributed by atoms with Crippen LogP contribution < -0.4 is 11.1 Å². The van der Waals surface area contributed by atoms with E-state index in [2.05, 4.69) is 5.32 Å². The highest BCUT2D eigenvalue weighted by molar-refractivity contribution is 6.29. The maximum absolute atomic E-state index is 12.7. The van der Waals surface area contributed by atoms with E-state index < -0.39 is 17.5 Å². The number of nitrogen functional groups attached to an aromatic ring is 1. The number of nitrogens with two attached hydrogens (primary N) is 1. The first-order chi connectivity index (χ1) is 6.54. The fourth-order valence-corrected chi connectivity index (χ4v) is 0.921. The molecule has 76 valence electrons. The molecule has 0 radical (unpaired) electrons. The zero-order valence-electron chi connectivity index (χ0n) is 6.98. The Kier molecular flexibility index (Phi) is 3.24. The van der Waals surface area contributed by atoms with Gasteiger partial charge in [0.05, 0.1) is 11.4 Å². The zero-order valence-corrected chi connectivity index (χ0v) is 7.74. The highest BCUT2D eigenvalue weighted by atomic mass is 35.5. The molecule has 3 N–H and O–H groups in total. The Bertz CT molecular complexity index is 371. The molecule has 0 aliphatic carbocycles. The van der Waals surface area contributed by atoms with Crippen LogP contribution in [-0.2, 0) is 4.79 Å². The van der Waals surface area contributed by atoms with E-state index >= 15 is 0 Å². The van der Waals surface area contributed by atoms with Crippen LogP contribution >= 0.6 is 11.6 Å². The topological polar surface area (TPSA) is 55.1 Å². The minimum absolute atomic E-state index is 0.00884. The second kappa shape index (κ2) is 4.23. The van der Waals surface area contributed by atoms with Gasteiger partial charge in [-0.05, 0) is 0 Å². The number of hydrogen-bond acceptors (Lipinski definition) is 2. The number of alkyl halides is 1. The fraction of sp³-hybridized carbons (Fsp3) is 0.125. The number of hydrogen-bond donors (Lipinski definition) is 2. The molecular formula is C8H7ClF2N2O.